The first-order valence-electron chi connectivity index (χ1n) is 5.85. The molecule has 3 nitrogen and oxygen atoms in total. The summed E-state index contributed by atoms with van der Waals surface area (Å²) in [6.07, 6.45) is 1.76. The molecule has 0 bridgehead atoms. The van der Waals surface area contributed by atoms with Crippen molar-refractivity contribution in [1.29, 1.82) is 0 Å². The van der Waals surface area contributed by atoms with Crippen molar-refractivity contribution < 1.29 is 4.39 Å². The molecule has 1 heterocycles. The summed E-state index contributed by atoms with van der Waals surface area (Å²) in [4.78, 5) is 0. The summed E-state index contributed by atoms with van der Waals surface area (Å²) in [5.74, 6) is -0.464. The van der Waals surface area contributed by atoms with Crippen molar-refractivity contribution in [2.75, 3.05) is 0 Å². The van der Waals surface area contributed by atoms with Crippen LogP contribution in [0, 0.1) is 12.7 Å². The number of hydrogen-bond donors (Lipinski definition) is 2. The number of rotatable bonds is 4. The lowest BCUT2D eigenvalue weighted by molar-refractivity contribution is 0.564. The second-order valence-corrected chi connectivity index (χ2v) is 5.23. The molecule has 102 valence electrons. The van der Waals surface area contributed by atoms with Crippen LogP contribution in [0.15, 0.2) is 18.3 Å². The molecule has 0 unspecified atom stereocenters. The van der Waals surface area contributed by atoms with Gasteiger partial charge in [0, 0.05) is 28.9 Å². The van der Waals surface area contributed by atoms with Crippen molar-refractivity contribution in [1.82, 2.24) is 15.5 Å². The van der Waals surface area contributed by atoms with Gasteiger partial charge in [-0.25, -0.2) is 4.39 Å². The Bertz CT molecular complexity index is 583. The number of nitrogens with zero attached hydrogens (tertiary/aromatic N) is 1. The normalized spacial score (nSPS) is 12.7. The van der Waals surface area contributed by atoms with Gasteiger partial charge in [-0.1, -0.05) is 23.2 Å². The maximum atomic E-state index is 13.5. The minimum Gasteiger partial charge on any atom is -0.306 e. The minimum atomic E-state index is -0.464. The molecular formula is C13H14Cl2FN3. The fourth-order valence-electron chi connectivity index (χ4n) is 1.80. The first-order chi connectivity index (χ1) is 8.99. The van der Waals surface area contributed by atoms with E-state index in [1.54, 1.807) is 6.20 Å². The minimum absolute atomic E-state index is 0.0339. The molecule has 19 heavy (non-hydrogen) atoms. The van der Waals surface area contributed by atoms with E-state index < -0.39 is 5.82 Å². The van der Waals surface area contributed by atoms with Gasteiger partial charge in [0.1, 0.15) is 5.82 Å². The summed E-state index contributed by atoms with van der Waals surface area (Å²) in [6, 6.07) is 2.70. The lowest BCUT2D eigenvalue weighted by Crippen LogP contribution is -2.18. The Hall–Kier alpha value is -1.10. The third kappa shape index (κ3) is 3.26. The van der Waals surface area contributed by atoms with Crippen molar-refractivity contribution in [3.63, 3.8) is 0 Å². The number of H-pyrrole nitrogens is 1. The third-order valence-corrected chi connectivity index (χ3v) is 3.66. The van der Waals surface area contributed by atoms with Gasteiger partial charge in [0.2, 0.25) is 0 Å². The van der Waals surface area contributed by atoms with Gasteiger partial charge in [0.05, 0.1) is 11.2 Å². The van der Waals surface area contributed by atoms with Gasteiger partial charge in [-0.3, -0.25) is 5.10 Å². The highest BCUT2D eigenvalue weighted by Gasteiger charge is 2.13. The summed E-state index contributed by atoms with van der Waals surface area (Å²) in [5, 5.41) is 10.6. The molecule has 0 aliphatic heterocycles. The Kier molecular flexibility index (Phi) is 4.45. The van der Waals surface area contributed by atoms with Crippen LogP contribution in [-0.4, -0.2) is 10.2 Å². The van der Waals surface area contributed by atoms with Gasteiger partial charge in [0.25, 0.3) is 0 Å². The van der Waals surface area contributed by atoms with Crippen LogP contribution in [-0.2, 0) is 6.54 Å². The fraction of sp³-hybridized carbons (Fsp3) is 0.308. The molecule has 2 N–H and O–H groups in total. The van der Waals surface area contributed by atoms with Crippen LogP contribution in [0.1, 0.15) is 29.8 Å². The Morgan fingerprint density at radius 3 is 2.74 bits per heavy atom. The van der Waals surface area contributed by atoms with Gasteiger partial charge in [-0.15, -0.1) is 0 Å². The van der Waals surface area contributed by atoms with E-state index in [4.69, 9.17) is 23.2 Å². The number of nitrogens with one attached hydrogen (secondary N) is 2. The quantitative estimate of drug-likeness (QED) is 0.838. The highest BCUT2D eigenvalue weighted by Crippen LogP contribution is 2.28. The topological polar surface area (TPSA) is 40.7 Å². The molecule has 0 fully saturated rings. The van der Waals surface area contributed by atoms with Crippen molar-refractivity contribution in [3.8, 4) is 0 Å². The molecule has 0 aliphatic carbocycles. The van der Waals surface area contributed by atoms with Crippen LogP contribution >= 0.6 is 23.2 Å². The lowest BCUT2D eigenvalue weighted by Gasteiger charge is -2.16. The smallest absolute Gasteiger partial charge is 0.142 e. The Balaban J connectivity index is 2.10. The van der Waals surface area contributed by atoms with Crippen molar-refractivity contribution in [3.05, 3.63) is 51.0 Å². The van der Waals surface area contributed by atoms with Gasteiger partial charge in [0.15, 0.2) is 0 Å². The summed E-state index contributed by atoms with van der Waals surface area (Å²) >= 11 is 11.8. The Morgan fingerprint density at radius 2 is 2.11 bits per heavy atom. The predicted octanol–water partition coefficient (Wildman–Crippen LogP) is 4.01. The maximum absolute atomic E-state index is 13.5. The summed E-state index contributed by atoms with van der Waals surface area (Å²) < 4.78 is 13.5. The van der Waals surface area contributed by atoms with Crippen molar-refractivity contribution in [2.45, 2.75) is 26.4 Å². The van der Waals surface area contributed by atoms with E-state index >= 15 is 0 Å². The Labute approximate surface area is 121 Å². The first kappa shape index (κ1) is 14.3. The molecular weight excluding hydrogens is 288 g/mol. The van der Waals surface area contributed by atoms with E-state index in [0.717, 1.165) is 11.3 Å². The van der Waals surface area contributed by atoms with Crippen LogP contribution in [0.2, 0.25) is 10.0 Å². The largest absolute Gasteiger partial charge is 0.306 e. The van der Waals surface area contributed by atoms with Crippen LogP contribution in [0.25, 0.3) is 0 Å². The molecule has 0 spiro atoms. The predicted molar refractivity (Wildman–Crippen MR) is 75.0 cm³/mol. The van der Waals surface area contributed by atoms with E-state index in [1.165, 1.54) is 12.1 Å². The van der Waals surface area contributed by atoms with Crippen LogP contribution in [0.5, 0.6) is 0 Å². The highest BCUT2D eigenvalue weighted by atomic mass is 35.5. The average molecular weight is 302 g/mol. The molecule has 0 radical (unpaired) electrons. The van der Waals surface area contributed by atoms with E-state index in [-0.39, 0.29) is 11.1 Å². The zero-order valence-electron chi connectivity index (χ0n) is 10.6. The van der Waals surface area contributed by atoms with Crippen LogP contribution < -0.4 is 5.32 Å². The highest BCUT2D eigenvalue weighted by molar-refractivity contribution is 6.35. The molecule has 2 rings (SSSR count). The van der Waals surface area contributed by atoms with E-state index in [0.29, 0.717) is 17.1 Å². The molecule has 0 saturated heterocycles. The second-order valence-electron chi connectivity index (χ2n) is 4.41. The molecule has 0 aliphatic rings. The number of halogens is 3. The van der Waals surface area contributed by atoms with E-state index in [9.17, 15) is 4.39 Å². The van der Waals surface area contributed by atoms with Crippen molar-refractivity contribution >= 4 is 23.2 Å². The third-order valence-electron chi connectivity index (χ3n) is 3.04. The number of aryl methyl sites for hydroxylation is 1. The number of aromatic nitrogens is 2. The second kappa shape index (κ2) is 5.90. The van der Waals surface area contributed by atoms with E-state index in [1.807, 2.05) is 13.8 Å². The molecule has 0 amide bonds. The summed E-state index contributed by atoms with van der Waals surface area (Å²) in [5.41, 5.74) is 2.76. The number of benzene rings is 1. The lowest BCUT2D eigenvalue weighted by atomic mass is 10.1. The zero-order chi connectivity index (χ0) is 14.0. The number of hydrogen-bond acceptors (Lipinski definition) is 2. The molecule has 2 aromatic rings. The van der Waals surface area contributed by atoms with Gasteiger partial charge in [-0.2, -0.15) is 5.10 Å². The molecule has 1 aromatic heterocycles. The standard InChI is InChI=1S/C13H14Cl2FN3/c1-7-9(6-18-19-7)5-17-8(2)10-3-13(16)12(15)4-11(10)14/h3-4,6,8,17H,5H2,1-2H3,(H,18,19)/t8-/m1/s1. The van der Waals surface area contributed by atoms with Crippen LogP contribution in [0.3, 0.4) is 0 Å². The molecule has 1 atom stereocenters. The molecule has 6 heteroatoms. The summed E-state index contributed by atoms with van der Waals surface area (Å²) in [6.45, 7) is 4.50. The summed E-state index contributed by atoms with van der Waals surface area (Å²) in [7, 11) is 0. The number of aromatic amines is 1. The van der Waals surface area contributed by atoms with Crippen LogP contribution in [0.4, 0.5) is 4.39 Å². The fourth-order valence-corrected chi connectivity index (χ4v) is 2.34. The molecule has 0 saturated carbocycles. The monoisotopic (exact) mass is 301 g/mol. The molecule has 1 aromatic carbocycles. The van der Waals surface area contributed by atoms with Gasteiger partial charge < -0.3 is 5.32 Å². The SMILES string of the molecule is Cc1[nH]ncc1CN[C@H](C)c1cc(F)c(Cl)cc1Cl. The maximum Gasteiger partial charge on any atom is 0.142 e. The van der Waals surface area contributed by atoms with E-state index in [2.05, 4.69) is 15.5 Å². The van der Waals surface area contributed by atoms with Crippen molar-refractivity contribution in [2.24, 2.45) is 0 Å². The zero-order valence-corrected chi connectivity index (χ0v) is 12.1. The average Bonchev–Trinajstić information content (AvgIpc) is 2.76. The Morgan fingerprint density at radius 1 is 1.37 bits per heavy atom. The van der Waals surface area contributed by atoms with Gasteiger partial charge >= 0.3 is 0 Å². The first-order valence-corrected chi connectivity index (χ1v) is 6.61. The van der Waals surface area contributed by atoms with Gasteiger partial charge in [-0.05, 0) is 31.5 Å².